The van der Waals surface area contributed by atoms with Crippen LogP contribution in [0.4, 0.5) is 0 Å². The van der Waals surface area contributed by atoms with Gasteiger partial charge in [-0.05, 0) is 30.2 Å². The predicted octanol–water partition coefficient (Wildman–Crippen LogP) is 1.45. The summed E-state index contributed by atoms with van der Waals surface area (Å²) >= 11 is 0. The minimum Gasteiger partial charge on any atom is -0.508 e. The number of hydrogen-bond donors (Lipinski definition) is 2. The van der Waals surface area contributed by atoms with E-state index in [4.69, 9.17) is 5.73 Å². The zero-order valence-corrected chi connectivity index (χ0v) is 10.6. The molecule has 0 aliphatic carbocycles. The molecule has 0 radical (unpaired) electrons. The van der Waals surface area contributed by atoms with E-state index in [-0.39, 0.29) is 17.1 Å². The zero-order chi connectivity index (χ0) is 13.1. The quantitative estimate of drug-likeness (QED) is 0.831. The number of nitrogens with zero attached hydrogens (tertiary/aromatic N) is 1. The first-order valence-electron chi connectivity index (χ1n) is 5.60. The average Bonchev–Trinajstić information content (AvgIpc) is 2.27. The fourth-order valence-corrected chi connectivity index (χ4v) is 1.64. The summed E-state index contributed by atoms with van der Waals surface area (Å²) < 4.78 is 0. The Morgan fingerprint density at radius 1 is 1.47 bits per heavy atom. The van der Waals surface area contributed by atoms with Gasteiger partial charge in [-0.25, -0.2) is 0 Å². The third-order valence-electron chi connectivity index (χ3n) is 2.66. The molecular formula is C13H20N2O2. The number of nitrogens with two attached hydrogens (primary N) is 1. The van der Waals surface area contributed by atoms with E-state index in [9.17, 15) is 9.90 Å². The summed E-state index contributed by atoms with van der Waals surface area (Å²) in [6.07, 6.45) is 0. The van der Waals surface area contributed by atoms with Crippen molar-refractivity contribution < 1.29 is 9.90 Å². The lowest BCUT2D eigenvalue weighted by Crippen LogP contribution is -2.39. The van der Waals surface area contributed by atoms with E-state index in [2.05, 4.69) is 0 Å². The first-order chi connectivity index (χ1) is 7.85. The Hall–Kier alpha value is -1.55. The standard InChI is InChI=1S/C13H20N2O2/c1-13(2,8-14)9-15(3)12(17)10-5-4-6-11(16)7-10/h4-7,16H,8-9,14H2,1-3H3. The minimum atomic E-state index is -0.110. The van der Waals surface area contributed by atoms with E-state index < -0.39 is 0 Å². The molecule has 1 rings (SSSR count). The van der Waals surface area contributed by atoms with Gasteiger partial charge in [0.05, 0.1) is 0 Å². The average molecular weight is 236 g/mol. The Bertz CT molecular complexity index is 402. The lowest BCUT2D eigenvalue weighted by molar-refractivity contribution is 0.0740. The number of phenols is 1. The molecule has 17 heavy (non-hydrogen) atoms. The van der Waals surface area contributed by atoms with E-state index in [0.717, 1.165) is 0 Å². The molecule has 0 saturated carbocycles. The number of carbonyl (C=O) groups is 1. The summed E-state index contributed by atoms with van der Waals surface area (Å²) in [6, 6.07) is 6.35. The topological polar surface area (TPSA) is 66.6 Å². The van der Waals surface area contributed by atoms with Crippen molar-refractivity contribution in [2.75, 3.05) is 20.1 Å². The van der Waals surface area contributed by atoms with Crippen molar-refractivity contribution in [2.24, 2.45) is 11.1 Å². The third-order valence-corrected chi connectivity index (χ3v) is 2.66. The number of amides is 1. The second-order valence-electron chi connectivity index (χ2n) is 5.08. The van der Waals surface area contributed by atoms with E-state index >= 15 is 0 Å². The van der Waals surface area contributed by atoms with Crippen LogP contribution in [-0.4, -0.2) is 36.1 Å². The van der Waals surface area contributed by atoms with Crippen LogP contribution in [0.25, 0.3) is 0 Å². The summed E-state index contributed by atoms with van der Waals surface area (Å²) in [4.78, 5) is 13.7. The summed E-state index contributed by atoms with van der Waals surface area (Å²) in [5, 5.41) is 9.33. The molecule has 0 unspecified atom stereocenters. The molecule has 0 aliphatic rings. The molecule has 0 aromatic heterocycles. The highest BCUT2D eigenvalue weighted by Gasteiger charge is 2.21. The van der Waals surface area contributed by atoms with Crippen LogP contribution in [0.1, 0.15) is 24.2 Å². The first kappa shape index (κ1) is 13.5. The highest BCUT2D eigenvalue weighted by Crippen LogP contribution is 2.17. The molecule has 0 fully saturated rings. The lowest BCUT2D eigenvalue weighted by atomic mass is 9.93. The fourth-order valence-electron chi connectivity index (χ4n) is 1.64. The summed E-state index contributed by atoms with van der Waals surface area (Å²) in [6.45, 7) is 5.13. The summed E-state index contributed by atoms with van der Waals surface area (Å²) in [5.41, 5.74) is 6.02. The van der Waals surface area contributed by atoms with Gasteiger partial charge in [0.15, 0.2) is 0 Å². The molecular weight excluding hydrogens is 216 g/mol. The van der Waals surface area contributed by atoms with Crippen LogP contribution in [0, 0.1) is 5.41 Å². The lowest BCUT2D eigenvalue weighted by Gasteiger charge is -2.29. The van der Waals surface area contributed by atoms with Crippen molar-refractivity contribution in [3.8, 4) is 5.75 Å². The van der Waals surface area contributed by atoms with Crippen LogP contribution in [0.2, 0.25) is 0 Å². The van der Waals surface area contributed by atoms with Gasteiger partial charge in [-0.1, -0.05) is 19.9 Å². The number of carbonyl (C=O) groups excluding carboxylic acids is 1. The van der Waals surface area contributed by atoms with Gasteiger partial charge in [0.1, 0.15) is 5.75 Å². The highest BCUT2D eigenvalue weighted by molar-refractivity contribution is 5.94. The molecule has 0 saturated heterocycles. The molecule has 0 heterocycles. The van der Waals surface area contributed by atoms with E-state index in [0.29, 0.717) is 18.7 Å². The van der Waals surface area contributed by atoms with Gasteiger partial charge < -0.3 is 15.7 Å². The number of hydrogen-bond acceptors (Lipinski definition) is 3. The van der Waals surface area contributed by atoms with E-state index in [1.165, 1.54) is 6.07 Å². The largest absolute Gasteiger partial charge is 0.508 e. The summed E-state index contributed by atoms with van der Waals surface area (Å²) in [7, 11) is 1.74. The van der Waals surface area contributed by atoms with E-state index in [1.807, 2.05) is 13.8 Å². The third kappa shape index (κ3) is 3.75. The van der Waals surface area contributed by atoms with Gasteiger partial charge >= 0.3 is 0 Å². The molecule has 0 aliphatic heterocycles. The molecule has 3 N–H and O–H groups in total. The molecule has 94 valence electrons. The van der Waals surface area contributed by atoms with Crippen LogP contribution < -0.4 is 5.73 Å². The Kier molecular flexibility index (Phi) is 4.12. The molecule has 4 nitrogen and oxygen atoms in total. The minimum absolute atomic E-state index is 0.0994. The number of phenolic OH excluding ortho intramolecular Hbond substituents is 1. The Morgan fingerprint density at radius 2 is 2.12 bits per heavy atom. The molecule has 0 spiro atoms. The molecule has 0 bridgehead atoms. The maximum absolute atomic E-state index is 12.1. The SMILES string of the molecule is CN(CC(C)(C)CN)C(=O)c1cccc(O)c1. The number of aromatic hydroxyl groups is 1. The second kappa shape index (κ2) is 5.19. The molecule has 0 atom stereocenters. The van der Waals surface area contributed by atoms with Crippen molar-refractivity contribution in [3.63, 3.8) is 0 Å². The van der Waals surface area contributed by atoms with Gasteiger partial charge in [-0.15, -0.1) is 0 Å². The van der Waals surface area contributed by atoms with Crippen LogP contribution >= 0.6 is 0 Å². The number of benzene rings is 1. The molecule has 1 aromatic carbocycles. The summed E-state index contributed by atoms with van der Waals surface area (Å²) in [5.74, 6) is -0.00948. The van der Waals surface area contributed by atoms with Gasteiger partial charge in [0, 0.05) is 19.2 Å². The molecule has 1 aromatic rings. The highest BCUT2D eigenvalue weighted by atomic mass is 16.3. The van der Waals surface area contributed by atoms with Gasteiger partial charge in [-0.2, -0.15) is 0 Å². The normalized spacial score (nSPS) is 11.3. The van der Waals surface area contributed by atoms with Gasteiger partial charge in [0.2, 0.25) is 0 Å². The van der Waals surface area contributed by atoms with Crippen LogP contribution in [0.5, 0.6) is 5.75 Å². The van der Waals surface area contributed by atoms with Gasteiger partial charge in [-0.3, -0.25) is 4.79 Å². The van der Waals surface area contributed by atoms with Crippen LogP contribution in [0.3, 0.4) is 0 Å². The Balaban J connectivity index is 2.77. The fraction of sp³-hybridized carbons (Fsp3) is 0.462. The predicted molar refractivity (Wildman–Crippen MR) is 67.9 cm³/mol. The van der Waals surface area contributed by atoms with Crippen LogP contribution in [-0.2, 0) is 0 Å². The molecule has 4 heteroatoms. The van der Waals surface area contributed by atoms with Crippen molar-refractivity contribution in [3.05, 3.63) is 29.8 Å². The second-order valence-corrected chi connectivity index (χ2v) is 5.08. The van der Waals surface area contributed by atoms with Crippen molar-refractivity contribution in [1.82, 2.24) is 4.90 Å². The van der Waals surface area contributed by atoms with Crippen molar-refractivity contribution >= 4 is 5.91 Å². The van der Waals surface area contributed by atoms with Crippen molar-refractivity contribution in [1.29, 1.82) is 0 Å². The number of rotatable bonds is 4. The Morgan fingerprint density at radius 3 is 2.65 bits per heavy atom. The maximum atomic E-state index is 12.1. The van der Waals surface area contributed by atoms with Crippen LogP contribution in [0.15, 0.2) is 24.3 Å². The Labute approximate surface area is 102 Å². The first-order valence-corrected chi connectivity index (χ1v) is 5.60. The monoisotopic (exact) mass is 236 g/mol. The molecule has 1 amide bonds. The maximum Gasteiger partial charge on any atom is 0.253 e. The van der Waals surface area contributed by atoms with Gasteiger partial charge in [0.25, 0.3) is 5.91 Å². The van der Waals surface area contributed by atoms with E-state index in [1.54, 1.807) is 30.1 Å². The van der Waals surface area contributed by atoms with Crippen molar-refractivity contribution in [2.45, 2.75) is 13.8 Å². The zero-order valence-electron chi connectivity index (χ0n) is 10.6. The smallest absolute Gasteiger partial charge is 0.253 e.